The molecule has 0 bridgehead atoms. The van der Waals surface area contributed by atoms with Crippen molar-refractivity contribution in [2.45, 2.75) is 13.6 Å². The molecule has 136 valence electrons. The highest BCUT2D eigenvalue weighted by atomic mass is 32.1. The number of H-pyrrole nitrogens is 1. The summed E-state index contributed by atoms with van der Waals surface area (Å²) in [6.07, 6.45) is 3.71. The summed E-state index contributed by atoms with van der Waals surface area (Å²) in [6.45, 7) is 3.90. The van der Waals surface area contributed by atoms with Crippen LogP contribution in [-0.2, 0) is 6.67 Å². The molecule has 7 heteroatoms. The van der Waals surface area contributed by atoms with Gasteiger partial charge in [0.2, 0.25) is 4.77 Å². The Hall–Kier alpha value is -2.64. The maximum atomic E-state index is 5.71. The number of hydrogen-bond donors (Lipinski definition) is 1. The average molecular weight is 370 g/mol. The molecule has 6 nitrogen and oxygen atoms in total. The van der Waals surface area contributed by atoms with Crippen LogP contribution in [-0.4, -0.2) is 39.9 Å². The van der Waals surface area contributed by atoms with E-state index in [0.29, 0.717) is 23.9 Å². The van der Waals surface area contributed by atoms with E-state index < -0.39 is 0 Å². The second-order valence-electron chi connectivity index (χ2n) is 5.98. The van der Waals surface area contributed by atoms with Gasteiger partial charge >= 0.3 is 0 Å². The topological polar surface area (TPSA) is 59.2 Å². The largest absolute Gasteiger partial charge is 0.492 e. The SMILES string of the molecule is Cc1ccc(/C=C/c2nc(=S)n(CN(C)CCOc3ccccc3)[nH]2)o1. The van der Waals surface area contributed by atoms with Crippen molar-refractivity contribution < 1.29 is 9.15 Å². The molecule has 0 amide bonds. The van der Waals surface area contributed by atoms with Gasteiger partial charge in [-0.05, 0) is 62.6 Å². The third-order valence-electron chi connectivity index (χ3n) is 3.73. The number of hydrogen-bond acceptors (Lipinski definition) is 5. The lowest BCUT2D eigenvalue weighted by molar-refractivity contribution is 0.198. The molecule has 0 saturated heterocycles. The molecule has 3 rings (SSSR count). The van der Waals surface area contributed by atoms with E-state index >= 15 is 0 Å². The minimum absolute atomic E-state index is 0.510. The standard InChI is InChI=1S/C19H22N4O2S/c1-15-8-9-17(25-15)10-11-18-20-19(26)23(21-18)14-22(2)12-13-24-16-6-4-3-5-7-16/h3-11H,12-14H2,1-2H3,(H,20,21,26)/b11-10+. The van der Waals surface area contributed by atoms with Gasteiger partial charge in [0.15, 0.2) is 0 Å². The van der Waals surface area contributed by atoms with Gasteiger partial charge in [0.25, 0.3) is 0 Å². The van der Waals surface area contributed by atoms with Crippen LogP contribution in [0.1, 0.15) is 17.3 Å². The number of nitrogens with zero attached hydrogens (tertiary/aromatic N) is 3. The molecule has 3 aromatic rings. The summed E-state index contributed by atoms with van der Waals surface area (Å²) in [5, 5.41) is 3.19. The van der Waals surface area contributed by atoms with E-state index in [1.54, 1.807) is 0 Å². The normalized spacial score (nSPS) is 11.5. The summed E-state index contributed by atoms with van der Waals surface area (Å²) in [6, 6.07) is 13.6. The molecular formula is C19H22N4O2S. The fraction of sp³-hybridized carbons (Fsp3) is 0.263. The zero-order valence-corrected chi connectivity index (χ0v) is 15.7. The number of rotatable bonds is 8. The molecule has 2 heterocycles. The Morgan fingerprint density at radius 1 is 1.23 bits per heavy atom. The Kier molecular flexibility index (Phi) is 6.04. The Balaban J connectivity index is 1.52. The lowest BCUT2D eigenvalue weighted by Gasteiger charge is -2.17. The zero-order chi connectivity index (χ0) is 18.4. The first kappa shape index (κ1) is 18.2. The molecule has 0 radical (unpaired) electrons. The first-order valence-electron chi connectivity index (χ1n) is 8.38. The molecule has 1 N–H and O–H groups in total. The molecule has 26 heavy (non-hydrogen) atoms. The third kappa shape index (κ3) is 5.18. The van der Waals surface area contributed by atoms with Crippen molar-refractivity contribution in [3.8, 4) is 5.75 Å². The highest BCUT2D eigenvalue weighted by Crippen LogP contribution is 2.10. The lowest BCUT2D eigenvalue weighted by Crippen LogP contribution is -2.27. The van der Waals surface area contributed by atoms with Gasteiger partial charge in [0.05, 0.1) is 6.67 Å². The lowest BCUT2D eigenvalue weighted by atomic mass is 10.3. The predicted octanol–water partition coefficient (Wildman–Crippen LogP) is 3.98. The Labute approximate surface area is 157 Å². The summed E-state index contributed by atoms with van der Waals surface area (Å²) in [5.74, 6) is 3.23. The summed E-state index contributed by atoms with van der Waals surface area (Å²) in [7, 11) is 2.01. The number of furan rings is 1. The van der Waals surface area contributed by atoms with E-state index in [9.17, 15) is 0 Å². The van der Waals surface area contributed by atoms with E-state index in [1.807, 2.05) is 73.3 Å². The van der Waals surface area contributed by atoms with E-state index in [2.05, 4.69) is 15.0 Å². The quantitative estimate of drug-likeness (QED) is 0.608. The van der Waals surface area contributed by atoms with Gasteiger partial charge in [-0.2, -0.15) is 4.98 Å². The Morgan fingerprint density at radius 3 is 2.77 bits per heavy atom. The van der Waals surface area contributed by atoms with Gasteiger partial charge in [0, 0.05) is 6.54 Å². The van der Waals surface area contributed by atoms with Crippen LogP contribution in [0.4, 0.5) is 0 Å². The van der Waals surface area contributed by atoms with Gasteiger partial charge in [-0.1, -0.05) is 18.2 Å². The first-order valence-corrected chi connectivity index (χ1v) is 8.79. The van der Waals surface area contributed by atoms with Crippen molar-refractivity contribution >= 4 is 24.4 Å². The highest BCUT2D eigenvalue weighted by molar-refractivity contribution is 7.71. The van der Waals surface area contributed by atoms with Gasteiger partial charge in [-0.3, -0.25) is 10.00 Å². The van der Waals surface area contributed by atoms with Crippen LogP contribution in [0.3, 0.4) is 0 Å². The van der Waals surface area contributed by atoms with Crippen LogP contribution in [0.15, 0.2) is 46.9 Å². The van der Waals surface area contributed by atoms with E-state index in [1.165, 1.54) is 0 Å². The fourth-order valence-electron chi connectivity index (χ4n) is 2.40. The maximum Gasteiger partial charge on any atom is 0.217 e. The molecule has 0 aliphatic heterocycles. The molecule has 1 aromatic carbocycles. The third-order valence-corrected chi connectivity index (χ3v) is 4.04. The number of aromatic nitrogens is 3. The minimum Gasteiger partial charge on any atom is -0.492 e. The highest BCUT2D eigenvalue weighted by Gasteiger charge is 2.04. The van der Waals surface area contributed by atoms with Crippen LogP contribution in [0.25, 0.3) is 12.2 Å². The van der Waals surface area contributed by atoms with Crippen molar-refractivity contribution in [3.05, 3.63) is 64.6 Å². The number of para-hydroxylation sites is 1. The van der Waals surface area contributed by atoms with Crippen LogP contribution in [0.2, 0.25) is 0 Å². The molecule has 2 aromatic heterocycles. The minimum atomic E-state index is 0.510. The smallest absolute Gasteiger partial charge is 0.217 e. The molecular weight excluding hydrogens is 348 g/mol. The second kappa shape index (κ2) is 8.64. The van der Waals surface area contributed by atoms with Gasteiger partial charge in [-0.15, -0.1) is 0 Å². The van der Waals surface area contributed by atoms with Crippen molar-refractivity contribution in [3.63, 3.8) is 0 Å². The van der Waals surface area contributed by atoms with Crippen LogP contribution < -0.4 is 4.74 Å². The molecule has 0 aliphatic carbocycles. The summed E-state index contributed by atoms with van der Waals surface area (Å²) >= 11 is 5.32. The molecule has 0 spiro atoms. The van der Waals surface area contributed by atoms with E-state index in [0.717, 1.165) is 23.8 Å². The summed E-state index contributed by atoms with van der Waals surface area (Å²) in [5.41, 5.74) is 0. The van der Waals surface area contributed by atoms with Crippen molar-refractivity contribution in [2.24, 2.45) is 0 Å². The van der Waals surface area contributed by atoms with Crippen molar-refractivity contribution in [1.29, 1.82) is 0 Å². The number of benzene rings is 1. The number of aryl methyl sites for hydroxylation is 1. The van der Waals surface area contributed by atoms with Crippen LogP contribution in [0, 0.1) is 11.7 Å². The van der Waals surface area contributed by atoms with Crippen molar-refractivity contribution in [1.82, 2.24) is 19.7 Å². The monoisotopic (exact) mass is 370 g/mol. The van der Waals surface area contributed by atoms with Crippen molar-refractivity contribution in [2.75, 3.05) is 20.2 Å². The Bertz CT molecular complexity index is 911. The Morgan fingerprint density at radius 2 is 2.04 bits per heavy atom. The predicted molar refractivity (Wildman–Crippen MR) is 104 cm³/mol. The van der Waals surface area contributed by atoms with Gasteiger partial charge in [0.1, 0.15) is 29.7 Å². The van der Waals surface area contributed by atoms with Crippen LogP contribution >= 0.6 is 12.2 Å². The van der Waals surface area contributed by atoms with Crippen LogP contribution in [0.5, 0.6) is 5.75 Å². The van der Waals surface area contributed by atoms with Gasteiger partial charge < -0.3 is 9.15 Å². The van der Waals surface area contributed by atoms with E-state index in [-0.39, 0.29) is 0 Å². The van der Waals surface area contributed by atoms with Gasteiger partial charge in [-0.25, -0.2) is 4.68 Å². The number of likely N-dealkylation sites (N-methyl/N-ethyl adjacent to an activating group) is 1. The molecule has 0 aliphatic rings. The van der Waals surface area contributed by atoms with E-state index in [4.69, 9.17) is 21.4 Å². The molecule has 0 atom stereocenters. The summed E-state index contributed by atoms with van der Waals surface area (Å²) < 4.78 is 13.6. The molecule has 0 fully saturated rings. The summed E-state index contributed by atoms with van der Waals surface area (Å²) in [4.78, 5) is 6.46. The number of nitrogens with one attached hydrogen (secondary N) is 1. The second-order valence-corrected chi connectivity index (χ2v) is 6.35. The number of aromatic amines is 1. The maximum absolute atomic E-state index is 5.71. The first-order chi connectivity index (χ1) is 12.6. The molecule has 0 saturated carbocycles. The number of ether oxygens (including phenoxy) is 1. The average Bonchev–Trinajstić information content (AvgIpc) is 3.20. The zero-order valence-electron chi connectivity index (χ0n) is 14.9. The fourth-order valence-corrected chi connectivity index (χ4v) is 2.60. The molecule has 0 unspecified atom stereocenters.